The average Bonchev–Trinajstić information content (AvgIpc) is 2.46. The second kappa shape index (κ2) is 5.36. The molecule has 0 aliphatic carbocycles. The fraction of sp³-hybridized carbons (Fsp3) is 0.571. The van der Waals surface area contributed by atoms with Crippen molar-refractivity contribution in [2.45, 2.75) is 25.3 Å². The first-order valence-corrected chi connectivity index (χ1v) is 7.08. The summed E-state index contributed by atoms with van der Waals surface area (Å²) in [7, 11) is 0. The van der Waals surface area contributed by atoms with Gasteiger partial charge in [-0.2, -0.15) is 0 Å². The Labute approximate surface area is 117 Å². The van der Waals surface area contributed by atoms with Gasteiger partial charge in [0.1, 0.15) is 11.5 Å². The normalized spacial score (nSPS) is 23.4. The minimum Gasteiger partial charge on any atom is -0.363 e. The Bertz CT molecular complexity index is 523. The number of benzene rings is 1. The molecule has 2 fully saturated rings. The number of piperazine rings is 1. The average molecular weight is 279 g/mol. The molecule has 0 radical (unpaired) electrons. The molecule has 2 heterocycles. The van der Waals surface area contributed by atoms with Crippen molar-refractivity contribution < 1.29 is 9.31 Å². The summed E-state index contributed by atoms with van der Waals surface area (Å²) in [6.45, 7) is 3.49. The van der Waals surface area contributed by atoms with Crippen LogP contribution in [-0.4, -0.2) is 42.0 Å². The Balaban J connectivity index is 1.85. The zero-order valence-corrected chi connectivity index (χ0v) is 11.3. The molecule has 0 amide bonds. The highest BCUT2D eigenvalue weighted by Crippen LogP contribution is 2.32. The number of nitro groups is 1. The van der Waals surface area contributed by atoms with Gasteiger partial charge in [0.2, 0.25) is 0 Å². The van der Waals surface area contributed by atoms with E-state index in [-0.39, 0.29) is 5.69 Å². The Morgan fingerprint density at radius 3 is 2.90 bits per heavy atom. The number of nitrogens with zero attached hydrogens (tertiary/aromatic N) is 3. The number of halogens is 1. The van der Waals surface area contributed by atoms with Crippen molar-refractivity contribution in [2.24, 2.45) is 0 Å². The van der Waals surface area contributed by atoms with Crippen LogP contribution in [0.4, 0.5) is 15.8 Å². The van der Waals surface area contributed by atoms with Gasteiger partial charge in [-0.25, -0.2) is 4.39 Å². The molecule has 3 rings (SSSR count). The summed E-state index contributed by atoms with van der Waals surface area (Å²) in [6, 6.07) is 4.15. The van der Waals surface area contributed by atoms with E-state index < -0.39 is 10.7 Å². The van der Waals surface area contributed by atoms with Gasteiger partial charge < -0.3 is 4.90 Å². The Morgan fingerprint density at radius 2 is 2.10 bits per heavy atom. The van der Waals surface area contributed by atoms with E-state index in [0.717, 1.165) is 38.7 Å². The standard InChI is InChI=1S/C14H18FN3O2/c15-11-4-5-13(18(19)20)14(9-11)17-8-7-16-6-2-1-3-12(16)10-17/h4-5,9,12H,1-3,6-8,10H2. The lowest BCUT2D eigenvalue weighted by Gasteiger charge is -2.44. The molecule has 0 N–H and O–H groups in total. The van der Waals surface area contributed by atoms with Crippen LogP contribution in [0.1, 0.15) is 19.3 Å². The number of fused-ring (bicyclic) bond motifs is 1. The molecule has 6 heteroatoms. The Hall–Kier alpha value is -1.69. The second-order valence-electron chi connectivity index (χ2n) is 5.52. The van der Waals surface area contributed by atoms with Crippen LogP contribution in [0.2, 0.25) is 0 Å². The first-order valence-electron chi connectivity index (χ1n) is 7.08. The maximum absolute atomic E-state index is 13.4. The molecule has 0 spiro atoms. The van der Waals surface area contributed by atoms with Crippen LogP contribution in [0.3, 0.4) is 0 Å². The number of rotatable bonds is 2. The number of hydrogen-bond donors (Lipinski definition) is 0. The lowest BCUT2D eigenvalue weighted by molar-refractivity contribution is -0.384. The van der Waals surface area contributed by atoms with Crippen LogP contribution < -0.4 is 4.90 Å². The van der Waals surface area contributed by atoms with E-state index >= 15 is 0 Å². The van der Waals surface area contributed by atoms with Crippen LogP contribution in [0.15, 0.2) is 18.2 Å². The van der Waals surface area contributed by atoms with Gasteiger partial charge in [0.25, 0.3) is 5.69 Å². The second-order valence-corrected chi connectivity index (χ2v) is 5.52. The minimum atomic E-state index is -0.429. The quantitative estimate of drug-likeness (QED) is 0.616. The summed E-state index contributed by atoms with van der Waals surface area (Å²) in [6.07, 6.45) is 3.57. The highest BCUT2D eigenvalue weighted by molar-refractivity contribution is 5.63. The van der Waals surface area contributed by atoms with Crippen molar-refractivity contribution in [3.8, 4) is 0 Å². The molecule has 1 aromatic carbocycles. The molecule has 5 nitrogen and oxygen atoms in total. The van der Waals surface area contributed by atoms with Crippen molar-refractivity contribution in [1.82, 2.24) is 4.90 Å². The summed E-state index contributed by atoms with van der Waals surface area (Å²) in [4.78, 5) is 15.1. The molecule has 2 aliphatic heterocycles. The number of nitro benzene ring substituents is 1. The molecule has 0 bridgehead atoms. The Morgan fingerprint density at radius 1 is 1.25 bits per heavy atom. The highest BCUT2D eigenvalue weighted by atomic mass is 19.1. The fourth-order valence-electron chi connectivity index (χ4n) is 3.28. The van der Waals surface area contributed by atoms with Crippen molar-refractivity contribution in [3.63, 3.8) is 0 Å². The maximum atomic E-state index is 13.4. The molecule has 1 atom stereocenters. The highest BCUT2D eigenvalue weighted by Gasteiger charge is 2.31. The molecule has 1 unspecified atom stereocenters. The first kappa shape index (κ1) is 13.3. The van der Waals surface area contributed by atoms with Crippen LogP contribution in [0.25, 0.3) is 0 Å². The lowest BCUT2D eigenvalue weighted by atomic mass is 9.99. The van der Waals surface area contributed by atoms with Crippen LogP contribution in [0.5, 0.6) is 0 Å². The zero-order chi connectivity index (χ0) is 14.1. The topological polar surface area (TPSA) is 49.6 Å². The third-order valence-electron chi connectivity index (χ3n) is 4.31. The molecular formula is C14H18FN3O2. The Kier molecular flexibility index (Phi) is 3.56. The van der Waals surface area contributed by atoms with Gasteiger partial charge in [-0.1, -0.05) is 6.42 Å². The van der Waals surface area contributed by atoms with Gasteiger partial charge in [-0.3, -0.25) is 15.0 Å². The molecule has 20 heavy (non-hydrogen) atoms. The zero-order valence-electron chi connectivity index (χ0n) is 11.3. The van der Waals surface area contributed by atoms with Gasteiger partial charge in [0.15, 0.2) is 0 Å². The molecule has 0 saturated carbocycles. The van der Waals surface area contributed by atoms with Crippen LogP contribution >= 0.6 is 0 Å². The SMILES string of the molecule is O=[N+]([O-])c1ccc(F)cc1N1CCN2CCCCC2C1. The third-order valence-corrected chi connectivity index (χ3v) is 4.31. The summed E-state index contributed by atoms with van der Waals surface area (Å²) in [5, 5.41) is 11.1. The van der Waals surface area contributed by atoms with Gasteiger partial charge in [0.05, 0.1) is 4.92 Å². The molecule has 0 aromatic heterocycles. The van der Waals surface area contributed by atoms with Crippen LogP contribution in [-0.2, 0) is 0 Å². The minimum absolute atomic E-state index is 0.00402. The summed E-state index contributed by atoms with van der Waals surface area (Å²) >= 11 is 0. The van der Waals surface area contributed by atoms with Crippen molar-refractivity contribution in [3.05, 3.63) is 34.1 Å². The molecular weight excluding hydrogens is 261 g/mol. The van der Waals surface area contributed by atoms with E-state index in [2.05, 4.69) is 4.90 Å². The monoisotopic (exact) mass is 279 g/mol. The summed E-state index contributed by atoms with van der Waals surface area (Å²) in [5.41, 5.74) is 0.413. The molecule has 2 aliphatic rings. The third kappa shape index (κ3) is 2.47. The van der Waals surface area contributed by atoms with E-state index in [1.54, 1.807) is 0 Å². The fourth-order valence-corrected chi connectivity index (χ4v) is 3.28. The van der Waals surface area contributed by atoms with E-state index in [9.17, 15) is 14.5 Å². The van der Waals surface area contributed by atoms with Gasteiger partial charge in [-0.15, -0.1) is 0 Å². The van der Waals surface area contributed by atoms with Crippen molar-refractivity contribution >= 4 is 11.4 Å². The van der Waals surface area contributed by atoms with Gasteiger partial charge in [0, 0.05) is 37.8 Å². The smallest absolute Gasteiger partial charge is 0.292 e. The first-order chi connectivity index (χ1) is 9.65. The van der Waals surface area contributed by atoms with E-state index in [1.165, 1.54) is 25.0 Å². The number of piperidine rings is 1. The van der Waals surface area contributed by atoms with E-state index in [1.807, 2.05) is 4.90 Å². The largest absolute Gasteiger partial charge is 0.363 e. The molecule has 1 aromatic rings. The number of anilines is 1. The maximum Gasteiger partial charge on any atom is 0.292 e. The summed E-state index contributed by atoms with van der Waals surface area (Å²) in [5.74, 6) is -0.420. The number of hydrogen-bond acceptors (Lipinski definition) is 4. The predicted octanol–water partition coefficient (Wildman–Crippen LogP) is 2.41. The van der Waals surface area contributed by atoms with Crippen molar-refractivity contribution in [1.29, 1.82) is 0 Å². The van der Waals surface area contributed by atoms with Gasteiger partial charge >= 0.3 is 0 Å². The van der Waals surface area contributed by atoms with Crippen molar-refractivity contribution in [2.75, 3.05) is 31.1 Å². The molecule has 108 valence electrons. The lowest BCUT2D eigenvalue weighted by Crippen LogP contribution is -2.55. The summed E-state index contributed by atoms with van der Waals surface area (Å²) < 4.78 is 13.4. The van der Waals surface area contributed by atoms with Crippen LogP contribution in [0, 0.1) is 15.9 Å². The van der Waals surface area contributed by atoms with Gasteiger partial charge in [-0.05, 0) is 25.5 Å². The van der Waals surface area contributed by atoms with E-state index in [4.69, 9.17) is 0 Å². The molecule has 2 saturated heterocycles. The van der Waals surface area contributed by atoms with E-state index in [0.29, 0.717) is 11.7 Å². The predicted molar refractivity (Wildman–Crippen MR) is 74.5 cm³/mol.